The van der Waals surface area contributed by atoms with Gasteiger partial charge >= 0.3 is 40.8 Å². The van der Waals surface area contributed by atoms with E-state index in [4.69, 9.17) is 0 Å². The van der Waals surface area contributed by atoms with Gasteiger partial charge in [0, 0.05) is 37.9 Å². The molecule has 0 aliphatic carbocycles. The second-order valence-corrected chi connectivity index (χ2v) is 12.6. The van der Waals surface area contributed by atoms with Crippen LogP contribution in [0, 0.1) is 0 Å². The monoisotopic (exact) mass is 530 g/mol. The summed E-state index contributed by atoms with van der Waals surface area (Å²) < 4.78 is 0. The molecule has 126 valence electrons. The van der Waals surface area contributed by atoms with Crippen LogP contribution in [0.1, 0.15) is 0 Å². The molecule has 0 saturated heterocycles. The van der Waals surface area contributed by atoms with E-state index in [1.807, 2.05) is 0 Å². The van der Waals surface area contributed by atoms with E-state index in [0.717, 1.165) is 26.4 Å². The fourth-order valence-electron chi connectivity index (χ4n) is 2.85. The summed E-state index contributed by atoms with van der Waals surface area (Å²) >= 11 is 6.80. The molecule has 0 fully saturated rings. The zero-order chi connectivity index (χ0) is 16.1. The van der Waals surface area contributed by atoms with E-state index in [-0.39, 0.29) is 0 Å². The van der Waals surface area contributed by atoms with Crippen molar-refractivity contribution in [2.45, 2.75) is 0 Å². The molecule has 0 unspecified atom stereocenters. The average molecular weight is 533 g/mol. The predicted molar refractivity (Wildman–Crippen MR) is 97.4 cm³/mol. The number of allylic oxidation sites excluding steroid dienone is 6. The zero-order valence-electron chi connectivity index (χ0n) is 12.5. The molecule has 0 amide bonds. The van der Waals surface area contributed by atoms with Crippen molar-refractivity contribution >= 4 is 26.9 Å². The van der Waals surface area contributed by atoms with Crippen molar-refractivity contribution in [3.05, 3.63) is 72.7 Å². The predicted octanol–water partition coefficient (Wildman–Crippen LogP) is 3.68. The molecule has 23 heavy (non-hydrogen) atoms. The van der Waals surface area contributed by atoms with Gasteiger partial charge in [0.05, 0.1) is 24.7 Å². The second kappa shape index (κ2) is 8.39. The molecule has 0 bridgehead atoms. The van der Waals surface area contributed by atoms with Gasteiger partial charge < -0.3 is 19.6 Å². The number of hydrogen-bond acceptors (Lipinski definition) is 4. The topological polar surface area (TPSA) is 13.0 Å². The van der Waals surface area contributed by atoms with Gasteiger partial charge in [0.1, 0.15) is 0 Å². The van der Waals surface area contributed by atoms with Crippen LogP contribution >= 0.6 is 26.9 Å². The minimum atomic E-state index is 0.575. The van der Waals surface area contributed by atoms with Crippen LogP contribution in [0.25, 0.3) is 0 Å². The van der Waals surface area contributed by atoms with Crippen molar-refractivity contribution in [2.75, 3.05) is 26.4 Å². The summed E-state index contributed by atoms with van der Waals surface area (Å²) in [5, 5.41) is 0. The molecule has 0 aromatic rings. The molecule has 0 N–H and O–H groups in total. The van der Waals surface area contributed by atoms with Gasteiger partial charge in [0.25, 0.3) is 0 Å². The second-order valence-electron chi connectivity index (χ2n) is 5.40. The maximum absolute atomic E-state index is 3.11. The molecule has 4 aliphatic rings. The van der Waals surface area contributed by atoms with Crippen molar-refractivity contribution in [1.82, 2.24) is 19.6 Å². The first-order valence-electron chi connectivity index (χ1n) is 7.27. The molecule has 4 rings (SSSR count). The van der Waals surface area contributed by atoms with Gasteiger partial charge in [-0.3, -0.25) is 0 Å². The van der Waals surface area contributed by atoms with Crippen molar-refractivity contribution in [3.63, 3.8) is 0 Å². The van der Waals surface area contributed by atoms with E-state index < -0.39 is 0 Å². The van der Waals surface area contributed by atoms with Gasteiger partial charge in [0.2, 0.25) is 0 Å². The van der Waals surface area contributed by atoms with Crippen molar-refractivity contribution in [3.8, 4) is 0 Å². The van der Waals surface area contributed by atoms with E-state index in [1.54, 1.807) is 0 Å². The van der Waals surface area contributed by atoms with Crippen LogP contribution < -0.4 is 0 Å². The minimum absolute atomic E-state index is 0.575. The van der Waals surface area contributed by atoms with Gasteiger partial charge in [-0.2, -0.15) is 0 Å². The quantitative estimate of drug-likeness (QED) is 0.515. The van der Waals surface area contributed by atoms with E-state index >= 15 is 0 Å². The van der Waals surface area contributed by atoms with Crippen molar-refractivity contribution < 1.29 is 13.9 Å². The van der Waals surface area contributed by atoms with E-state index in [0.29, 0.717) is 13.9 Å². The summed E-state index contributed by atoms with van der Waals surface area (Å²) in [5.41, 5.74) is 2.58. The summed E-state index contributed by atoms with van der Waals surface area (Å²) in [7, 11) is 0. The van der Waals surface area contributed by atoms with Crippen LogP contribution in [0.2, 0.25) is 0 Å². The van der Waals surface area contributed by atoms with Crippen LogP contribution in [-0.2, 0) is 13.9 Å². The Labute approximate surface area is 158 Å². The van der Waals surface area contributed by atoms with Crippen LogP contribution in [0.4, 0.5) is 0 Å². The normalized spacial score (nSPS) is 20.4. The molecule has 4 nitrogen and oxygen atoms in total. The molecule has 4 aliphatic heterocycles. The Balaban J connectivity index is 0.000000485. The fraction of sp³-hybridized carbons (Fsp3) is 0.250. The molecule has 4 heterocycles. The van der Waals surface area contributed by atoms with Crippen LogP contribution in [0.3, 0.4) is 0 Å². The molecule has 7 heteroatoms. The molecule has 0 saturated carbocycles. The molecule has 0 atom stereocenters. The Bertz CT molecular complexity index is 557. The number of nitrogens with zero attached hydrogens (tertiary/aromatic N) is 4. The third-order valence-electron chi connectivity index (χ3n) is 3.92. The Kier molecular flexibility index (Phi) is 6.23. The van der Waals surface area contributed by atoms with E-state index in [2.05, 4.69) is 108 Å². The standard InChI is InChI=1S/C16H18N4.2BrH.Pd/c1-3-7-19-13-17(11-15(19)5-1)9-10-18-12-16-6-2-4-8-20(16)14-18;;;/h1-8,11-12H,9-10,13-14H2;2*1H;/q;;;+2/p-2. The summed E-state index contributed by atoms with van der Waals surface area (Å²) in [4.78, 5) is 9.29. The third kappa shape index (κ3) is 4.42. The molecule has 0 aromatic carbocycles. The number of rotatable bonds is 3. The van der Waals surface area contributed by atoms with Crippen molar-refractivity contribution in [1.29, 1.82) is 0 Å². The summed E-state index contributed by atoms with van der Waals surface area (Å²) in [6, 6.07) is 0. The number of hydrogen-bond donors (Lipinski definition) is 0. The van der Waals surface area contributed by atoms with Crippen molar-refractivity contribution in [2.24, 2.45) is 0 Å². The first kappa shape index (κ1) is 17.1. The van der Waals surface area contributed by atoms with Crippen LogP contribution in [0.15, 0.2) is 72.7 Å². The SMILES string of the molecule is C1=CC2=CN(CCN3C=C4C=CC=CN4C3)CN2C=C1.[Br][Pd][Br]. The Morgan fingerprint density at radius 3 is 1.61 bits per heavy atom. The van der Waals surface area contributed by atoms with Gasteiger partial charge in [0.15, 0.2) is 0 Å². The summed E-state index contributed by atoms with van der Waals surface area (Å²) in [6.45, 7) is 4.02. The first-order valence-corrected chi connectivity index (χ1v) is 14.4. The Morgan fingerprint density at radius 1 is 0.783 bits per heavy atom. The van der Waals surface area contributed by atoms with Crippen LogP contribution in [0.5, 0.6) is 0 Å². The molecular formula is C16H18Br2N4Pd. The molecular weight excluding hydrogens is 514 g/mol. The van der Waals surface area contributed by atoms with Gasteiger partial charge in [-0.25, -0.2) is 0 Å². The van der Waals surface area contributed by atoms with E-state index in [1.165, 1.54) is 11.4 Å². The fourth-order valence-corrected chi connectivity index (χ4v) is 2.85. The molecule has 0 radical (unpaired) electrons. The Morgan fingerprint density at radius 2 is 1.22 bits per heavy atom. The molecule has 0 aromatic heterocycles. The summed E-state index contributed by atoms with van der Waals surface area (Å²) in [6.07, 6.45) is 21.4. The van der Waals surface area contributed by atoms with Gasteiger partial charge in [-0.1, -0.05) is 12.2 Å². The maximum atomic E-state index is 3.11. The molecule has 0 spiro atoms. The number of fused-ring (bicyclic) bond motifs is 2. The number of halogens is 2. The van der Waals surface area contributed by atoms with Crippen LogP contribution in [-0.4, -0.2) is 46.0 Å². The third-order valence-corrected chi connectivity index (χ3v) is 3.92. The van der Waals surface area contributed by atoms with Gasteiger partial charge in [-0.05, 0) is 24.3 Å². The average Bonchev–Trinajstić information content (AvgIpc) is 3.16. The Hall–Kier alpha value is -0.738. The summed E-state index contributed by atoms with van der Waals surface area (Å²) in [5.74, 6) is 0. The van der Waals surface area contributed by atoms with Gasteiger partial charge in [-0.15, -0.1) is 0 Å². The van der Waals surface area contributed by atoms with E-state index in [9.17, 15) is 0 Å². The zero-order valence-corrected chi connectivity index (χ0v) is 17.2. The first-order chi connectivity index (χ1) is 11.3.